The van der Waals surface area contributed by atoms with Crippen LogP contribution in [-0.2, 0) is 0 Å². The van der Waals surface area contributed by atoms with E-state index >= 15 is 0 Å². The Balaban J connectivity index is 2.02. The molecule has 0 unspecified atom stereocenters. The van der Waals surface area contributed by atoms with Crippen LogP contribution >= 0.6 is 0 Å². The van der Waals surface area contributed by atoms with Crippen molar-refractivity contribution in [3.8, 4) is 0 Å². The number of Topliss-reactive ketones (excluding diaryl/α,β-unsaturated/α-hetero) is 1. The van der Waals surface area contributed by atoms with E-state index in [1.807, 2.05) is 12.1 Å². The molecular weight excluding hydrogens is 302 g/mol. The molecule has 0 aliphatic carbocycles. The minimum Gasteiger partial charge on any atom is -0.374 e. The Morgan fingerprint density at radius 3 is 2.54 bits per heavy atom. The zero-order valence-corrected chi connectivity index (χ0v) is 14.6. The second kappa shape index (κ2) is 8.49. The molecule has 0 aliphatic rings. The van der Waals surface area contributed by atoms with Gasteiger partial charge in [0, 0.05) is 24.8 Å². The van der Waals surface area contributed by atoms with E-state index in [0.29, 0.717) is 5.69 Å². The van der Waals surface area contributed by atoms with Gasteiger partial charge in [0.15, 0.2) is 0 Å². The summed E-state index contributed by atoms with van der Waals surface area (Å²) in [7, 11) is 6.53. The van der Waals surface area contributed by atoms with Crippen molar-refractivity contribution in [2.45, 2.75) is 25.3 Å². The molecule has 24 heavy (non-hydrogen) atoms. The van der Waals surface area contributed by atoms with Crippen molar-refractivity contribution in [1.82, 2.24) is 15.0 Å². The van der Waals surface area contributed by atoms with Crippen LogP contribution in [0.5, 0.6) is 0 Å². The average molecular weight is 328 g/mol. The summed E-state index contributed by atoms with van der Waals surface area (Å²) in [5, 5.41) is 3.29. The highest BCUT2D eigenvalue weighted by molar-refractivity contribution is 5.99. The van der Waals surface area contributed by atoms with Crippen LogP contribution in [0.3, 0.4) is 0 Å². The number of quaternary nitrogens is 1. The Bertz CT molecular complexity index is 625. The Hall–Kier alpha value is -2.34. The van der Waals surface area contributed by atoms with Crippen LogP contribution < -0.4 is 5.32 Å². The van der Waals surface area contributed by atoms with Crippen molar-refractivity contribution in [2.75, 3.05) is 33.0 Å². The second-order valence-corrected chi connectivity index (χ2v) is 6.90. The lowest BCUT2D eigenvalue weighted by Gasteiger charge is -2.24. The molecule has 2 aromatic heterocycles. The summed E-state index contributed by atoms with van der Waals surface area (Å²) in [5.41, 5.74) is 1.23. The van der Waals surface area contributed by atoms with Crippen LogP contribution in [0.25, 0.3) is 0 Å². The van der Waals surface area contributed by atoms with Crippen LogP contribution in [0.15, 0.2) is 43.1 Å². The Kier molecular flexibility index (Phi) is 6.37. The highest BCUT2D eigenvalue weighted by Gasteiger charge is 2.21. The summed E-state index contributed by atoms with van der Waals surface area (Å²) in [5.74, 6) is -0.0304. The molecule has 0 radical (unpaired) electrons. The second-order valence-electron chi connectivity index (χ2n) is 6.90. The number of anilines is 1. The van der Waals surface area contributed by atoms with Crippen molar-refractivity contribution < 1.29 is 9.28 Å². The van der Waals surface area contributed by atoms with Crippen LogP contribution in [0.1, 0.15) is 29.8 Å². The zero-order chi connectivity index (χ0) is 17.4. The number of carbonyl (C=O) groups is 1. The molecule has 0 bridgehead atoms. The predicted molar refractivity (Wildman–Crippen MR) is 94.8 cm³/mol. The fourth-order valence-corrected chi connectivity index (χ4v) is 2.46. The first-order valence-corrected chi connectivity index (χ1v) is 8.23. The quantitative estimate of drug-likeness (QED) is 0.435. The molecule has 2 rings (SSSR count). The molecule has 2 heterocycles. The summed E-state index contributed by atoms with van der Waals surface area (Å²) < 4.78 is 0.929. The Labute approximate surface area is 143 Å². The molecule has 0 spiro atoms. The molecular formula is C18H26N5O+. The monoisotopic (exact) mass is 328 g/mol. The number of hydrogen-bond acceptors (Lipinski definition) is 5. The smallest absolute Gasteiger partial charge is 0.204 e. The Morgan fingerprint density at radius 1 is 1.12 bits per heavy atom. The van der Waals surface area contributed by atoms with Gasteiger partial charge in [-0.2, -0.15) is 0 Å². The van der Waals surface area contributed by atoms with Crippen molar-refractivity contribution in [3.05, 3.63) is 48.8 Å². The van der Waals surface area contributed by atoms with E-state index in [0.717, 1.165) is 36.0 Å². The highest BCUT2D eigenvalue weighted by atomic mass is 16.1. The number of nitrogens with zero attached hydrogens (tertiary/aromatic N) is 4. The molecule has 1 atom stereocenters. The van der Waals surface area contributed by atoms with Crippen LogP contribution in [0.2, 0.25) is 0 Å². The van der Waals surface area contributed by atoms with Gasteiger partial charge in [0.25, 0.3) is 0 Å². The first-order chi connectivity index (χ1) is 11.5. The average Bonchev–Trinajstić information content (AvgIpc) is 2.58. The number of unbranched alkanes of at least 4 members (excludes halogenated alkanes) is 1. The third-order valence-electron chi connectivity index (χ3n) is 3.71. The summed E-state index contributed by atoms with van der Waals surface area (Å²) in [6, 6.07) is 3.44. The summed E-state index contributed by atoms with van der Waals surface area (Å²) in [6.07, 6.45) is 10.9. The molecule has 1 N–H and O–H groups in total. The lowest BCUT2D eigenvalue weighted by molar-refractivity contribution is -0.870. The maximum Gasteiger partial charge on any atom is 0.204 e. The molecule has 0 fully saturated rings. The lowest BCUT2D eigenvalue weighted by atomic mass is 10.0. The SMILES string of the molecule is C[N+](C)(C)CCCC[C@H](Nc1cccnc1)C(=O)c1cnccn1. The van der Waals surface area contributed by atoms with E-state index < -0.39 is 0 Å². The number of hydrogen-bond donors (Lipinski definition) is 1. The van der Waals surface area contributed by atoms with Gasteiger partial charge < -0.3 is 9.80 Å². The van der Waals surface area contributed by atoms with Gasteiger partial charge in [0.05, 0.1) is 45.6 Å². The fourth-order valence-electron chi connectivity index (χ4n) is 2.46. The van der Waals surface area contributed by atoms with E-state index in [-0.39, 0.29) is 11.8 Å². The van der Waals surface area contributed by atoms with E-state index in [9.17, 15) is 4.79 Å². The van der Waals surface area contributed by atoms with Crippen molar-refractivity contribution >= 4 is 11.5 Å². The molecule has 128 valence electrons. The molecule has 0 saturated carbocycles. The zero-order valence-electron chi connectivity index (χ0n) is 14.6. The van der Waals surface area contributed by atoms with Gasteiger partial charge in [-0.1, -0.05) is 0 Å². The van der Waals surface area contributed by atoms with Crippen LogP contribution in [0, 0.1) is 0 Å². The van der Waals surface area contributed by atoms with Crippen molar-refractivity contribution in [2.24, 2.45) is 0 Å². The molecule has 0 aliphatic heterocycles. The van der Waals surface area contributed by atoms with Crippen LogP contribution in [-0.4, -0.2) is 58.9 Å². The number of nitrogens with one attached hydrogen (secondary N) is 1. The largest absolute Gasteiger partial charge is 0.374 e. The highest BCUT2D eigenvalue weighted by Crippen LogP contribution is 2.14. The maximum absolute atomic E-state index is 12.8. The van der Waals surface area contributed by atoms with Crippen LogP contribution in [0.4, 0.5) is 5.69 Å². The van der Waals surface area contributed by atoms with E-state index in [4.69, 9.17) is 0 Å². The molecule has 6 nitrogen and oxygen atoms in total. The van der Waals surface area contributed by atoms with Gasteiger partial charge in [-0.15, -0.1) is 0 Å². The minimum atomic E-state index is -0.321. The first kappa shape index (κ1) is 18.0. The van der Waals surface area contributed by atoms with E-state index in [2.05, 4.69) is 41.4 Å². The molecule has 0 amide bonds. The van der Waals surface area contributed by atoms with Gasteiger partial charge in [-0.3, -0.25) is 14.8 Å². The summed E-state index contributed by atoms with van der Waals surface area (Å²) in [4.78, 5) is 25.0. The van der Waals surface area contributed by atoms with E-state index in [1.165, 1.54) is 6.20 Å². The lowest BCUT2D eigenvalue weighted by Crippen LogP contribution is -2.35. The van der Waals surface area contributed by atoms with Gasteiger partial charge in [-0.05, 0) is 31.4 Å². The predicted octanol–water partition coefficient (Wildman–Crippen LogP) is 2.41. The fraction of sp³-hybridized carbons (Fsp3) is 0.444. The van der Waals surface area contributed by atoms with Gasteiger partial charge in [0.2, 0.25) is 5.78 Å². The topological polar surface area (TPSA) is 67.8 Å². The standard InChI is InChI=1S/C18H26N5O/c1-23(2,3)12-5-4-8-16(22-15-7-6-9-19-13-15)18(24)17-14-20-10-11-21-17/h6-7,9-11,13-14,16,22H,4-5,8,12H2,1-3H3/q+1/t16-/m0/s1. The summed E-state index contributed by atoms with van der Waals surface area (Å²) in [6.45, 7) is 1.08. The number of ketones is 1. The summed E-state index contributed by atoms with van der Waals surface area (Å²) >= 11 is 0. The number of rotatable bonds is 9. The third kappa shape index (κ3) is 6.04. The third-order valence-corrected chi connectivity index (χ3v) is 3.71. The number of pyridine rings is 1. The van der Waals surface area contributed by atoms with Gasteiger partial charge >= 0.3 is 0 Å². The Morgan fingerprint density at radius 2 is 1.92 bits per heavy atom. The van der Waals surface area contributed by atoms with Crippen molar-refractivity contribution in [1.29, 1.82) is 0 Å². The molecule has 2 aromatic rings. The molecule has 0 saturated heterocycles. The van der Waals surface area contributed by atoms with Gasteiger partial charge in [0.1, 0.15) is 5.69 Å². The molecule has 6 heteroatoms. The first-order valence-electron chi connectivity index (χ1n) is 8.23. The van der Waals surface area contributed by atoms with E-state index in [1.54, 1.807) is 24.8 Å². The molecule has 0 aromatic carbocycles. The van der Waals surface area contributed by atoms with Gasteiger partial charge in [-0.25, -0.2) is 4.98 Å². The number of aromatic nitrogens is 3. The maximum atomic E-state index is 12.8. The minimum absolute atomic E-state index is 0.0304. The van der Waals surface area contributed by atoms with Crippen molar-refractivity contribution in [3.63, 3.8) is 0 Å². The number of carbonyl (C=O) groups excluding carboxylic acids is 1. The normalized spacial score (nSPS) is 12.6.